The summed E-state index contributed by atoms with van der Waals surface area (Å²) in [5.74, 6) is -0.459. The van der Waals surface area contributed by atoms with Gasteiger partial charge in [-0.25, -0.2) is 14.2 Å². The van der Waals surface area contributed by atoms with E-state index >= 15 is 0 Å². The van der Waals surface area contributed by atoms with E-state index in [9.17, 15) is 9.18 Å². The predicted molar refractivity (Wildman–Crippen MR) is 97.5 cm³/mol. The maximum Gasteiger partial charge on any atom is 0.335 e. The third-order valence-electron chi connectivity index (χ3n) is 3.50. The maximum atomic E-state index is 12.9. The first-order valence-electron chi connectivity index (χ1n) is 7.62. The summed E-state index contributed by atoms with van der Waals surface area (Å²) in [5, 5.41) is 15.3. The monoisotopic (exact) mass is 372 g/mol. The number of carboxylic acids is 1. The zero-order valence-electron chi connectivity index (χ0n) is 13.4. The van der Waals surface area contributed by atoms with Crippen LogP contribution in [-0.2, 0) is 6.54 Å². The fourth-order valence-electron chi connectivity index (χ4n) is 2.18. The molecule has 26 heavy (non-hydrogen) atoms. The molecule has 0 bridgehead atoms. The van der Waals surface area contributed by atoms with Crippen LogP contribution in [0.4, 0.5) is 21.8 Å². The molecule has 3 aromatic rings. The van der Waals surface area contributed by atoms with Crippen LogP contribution in [0.1, 0.15) is 15.9 Å². The number of anilines is 3. The van der Waals surface area contributed by atoms with Gasteiger partial charge in [-0.15, -0.1) is 0 Å². The first-order valence-corrected chi connectivity index (χ1v) is 8.00. The molecule has 6 nitrogen and oxygen atoms in total. The molecule has 3 N–H and O–H groups in total. The van der Waals surface area contributed by atoms with E-state index in [1.54, 1.807) is 30.5 Å². The van der Waals surface area contributed by atoms with E-state index in [0.717, 1.165) is 5.56 Å². The number of hydrogen-bond donors (Lipinski definition) is 3. The molecule has 0 aliphatic heterocycles. The van der Waals surface area contributed by atoms with Crippen molar-refractivity contribution in [3.63, 3.8) is 0 Å². The van der Waals surface area contributed by atoms with Crippen LogP contribution in [0.5, 0.6) is 0 Å². The van der Waals surface area contributed by atoms with Crippen molar-refractivity contribution in [3.8, 4) is 0 Å². The van der Waals surface area contributed by atoms with Crippen molar-refractivity contribution in [3.05, 3.63) is 76.7 Å². The lowest BCUT2D eigenvalue weighted by Crippen LogP contribution is -2.04. The van der Waals surface area contributed by atoms with Gasteiger partial charge in [-0.2, -0.15) is 4.98 Å². The van der Waals surface area contributed by atoms with Crippen LogP contribution in [0, 0.1) is 5.82 Å². The smallest absolute Gasteiger partial charge is 0.335 e. The third-order valence-corrected chi connectivity index (χ3v) is 3.82. The number of carbonyl (C=O) groups is 1. The Kier molecular flexibility index (Phi) is 5.28. The van der Waals surface area contributed by atoms with Crippen LogP contribution in [0.25, 0.3) is 0 Å². The molecule has 0 radical (unpaired) electrons. The van der Waals surface area contributed by atoms with Gasteiger partial charge < -0.3 is 15.7 Å². The van der Waals surface area contributed by atoms with Crippen LogP contribution in [0.15, 0.2) is 54.7 Å². The highest BCUT2D eigenvalue weighted by Gasteiger charge is 2.08. The lowest BCUT2D eigenvalue weighted by Gasteiger charge is -2.10. The number of aromatic nitrogens is 2. The molecule has 0 atom stereocenters. The summed E-state index contributed by atoms with van der Waals surface area (Å²) in [6, 6.07) is 12.2. The summed E-state index contributed by atoms with van der Waals surface area (Å²) in [4.78, 5) is 19.4. The van der Waals surface area contributed by atoms with E-state index in [4.69, 9.17) is 16.7 Å². The SMILES string of the molecule is O=C(O)c1ccc(Nc2nccc(NCc3ccc(F)cc3)n2)c(Cl)c1. The Bertz CT molecular complexity index is 935. The number of nitrogens with zero attached hydrogens (tertiary/aromatic N) is 2. The summed E-state index contributed by atoms with van der Waals surface area (Å²) in [5.41, 5.74) is 1.50. The van der Waals surface area contributed by atoms with Crippen LogP contribution >= 0.6 is 11.6 Å². The minimum absolute atomic E-state index is 0.0937. The van der Waals surface area contributed by atoms with Gasteiger partial charge in [0.2, 0.25) is 5.95 Å². The molecule has 0 saturated heterocycles. The van der Waals surface area contributed by atoms with Crippen molar-refractivity contribution in [1.29, 1.82) is 0 Å². The van der Waals surface area contributed by atoms with Gasteiger partial charge in [0.25, 0.3) is 0 Å². The highest BCUT2D eigenvalue weighted by Crippen LogP contribution is 2.25. The topological polar surface area (TPSA) is 87.1 Å². The number of carboxylic acid groups (broad SMARTS) is 1. The second-order valence-electron chi connectivity index (χ2n) is 5.37. The summed E-state index contributed by atoms with van der Waals surface area (Å²) in [6.07, 6.45) is 1.57. The Morgan fingerprint density at radius 1 is 1.15 bits per heavy atom. The van der Waals surface area contributed by atoms with E-state index in [0.29, 0.717) is 24.0 Å². The lowest BCUT2D eigenvalue weighted by atomic mass is 10.2. The fraction of sp³-hybridized carbons (Fsp3) is 0.0556. The highest BCUT2D eigenvalue weighted by atomic mass is 35.5. The first kappa shape index (κ1) is 17.6. The molecular weight excluding hydrogens is 359 g/mol. The second kappa shape index (κ2) is 7.79. The Morgan fingerprint density at radius 3 is 2.62 bits per heavy atom. The number of halogens is 2. The van der Waals surface area contributed by atoms with Crippen molar-refractivity contribution in [2.75, 3.05) is 10.6 Å². The van der Waals surface area contributed by atoms with Crippen molar-refractivity contribution in [1.82, 2.24) is 9.97 Å². The first-order chi connectivity index (χ1) is 12.5. The summed E-state index contributed by atoms with van der Waals surface area (Å²) in [6.45, 7) is 0.477. The molecule has 8 heteroatoms. The Morgan fingerprint density at radius 2 is 1.92 bits per heavy atom. The van der Waals surface area contributed by atoms with Crippen LogP contribution in [-0.4, -0.2) is 21.0 Å². The number of aromatic carboxylic acids is 1. The average Bonchev–Trinajstić information content (AvgIpc) is 2.63. The second-order valence-corrected chi connectivity index (χ2v) is 5.78. The molecular formula is C18H14ClFN4O2. The van der Waals surface area contributed by atoms with Gasteiger partial charge in [0, 0.05) is 12.7 Å². The van der Waals surface area contributed by atoms with Crippen molar-refractivity contribution in [2.45, 2.75) is 6.54 Å². The molecule has 132 valence electrons. The summed E-state index contributed by atoms with van der Waals surface area (Å²) in [7, 11) is 0. The molecule has 0 aliphatic carbocycles. The number of rotatable bonds is 6. The number of benzene rings is 2. The van der Waals surface area contributed by atoms with Gasteiger partial charge in [-0.05, 0) is 42.0 Å². The van der Waals surface area contributed by atoms with E-state index in [-0.39, 0.29) is 16.4 Å². The fourth-order valence-corrected chi connectivity index (χ4v) is 2.41. The van der Waals surface area contributed by atoms with Crippen molar-refractivity contribution >= 4 is 35.0 Å². The van der Waals surface area contributed by atoms with E-state index in [2.05, 4.69) is 20.6 Å². The largest absolute Gasteiger partial charge is 0.478 e. The van der Waals surface area contributed by atoms with Gasteiger partial charge >= 0.3 is 5.97 Å². The minimum atomic E-state index is -1.05. The maximum absolute atomic E-state index is 12.9. The summed E-state index contributed by atoms with van der Waals surface area (Å²) >= 11 is 6.09. The molecule has 0 saturated carbocycles. The molecule has 1 aromatic heterocycles. The number of nitrogens with one attached hydrogen (secondary N) is 2. The van der Waals surface area contributed by atoms with E-state index < -0.39 is 5.97 Å². The molecule has 0 amide bonds. The van der Waals surface area contributed by atoms with E-state index in [1.165, 1.54) is 24.3 Å². The van der Waals surface area contributed by atoms with Crippen molar-refractivity contribution in [2.24, 2.45) is 0 Å². The van der Waals surface area contributed by atoms with Crippen LogP contribution < -0.4 is 10.6 Å². The van der Waals surface area contributed by atoms with Crippen LogP contribution in [0.2, 0.25) is 5.02 Å². The van der Waals surface area contributed by atoms with Crippen molar-refractivity contribution < 1.29 is 14.3 Å². The molecule has 3 rings (SSSR count). The predicted octanol–water partition coefficient (Wildman–Crippen LogP) is 4.32. The molecule has 2 aromatic carbocycles. The standard InChI is InChI=1S/C18H14ClFN4O2/c19-14-9-12(17(25)26)3-6-15(14)23-18-21-8-7-16(24-18)22-10-11-1-4-13(20)5-2-11/h1-9H,10H2,(H,25,26)(H2,21,22,23,24). The third kappa shape index (κ3) is 4.46. The Balaban J connectivity index is 1.69. The minimum Gasteiger partial charge on any atom is -0.478 e. The molecule has 0 fully saturated rings. The molecule has 0 unspecified atom stereocenters. The Labute approximate surface area is 153 Å². The van der Waals surface area contributed by atoms with Gasteiger partial charge in [-0.3, -0.25) is 0 Å². The zero-order valence-corrected chi connectivity index (χ0v) is 14.2. The van der Waals surface area contributed by atoms with Gasteiger partial charge in [-0.1, -0.05) is 23.7 Å². The number of hydrogen-bond acceptors (Lipinski definition) is 5. The van der Waals surface area contributed by atoms with Crippen LogP contribution in [0.3, 0.4) is 0 Å². The molecule has 1 heterocycles. The lowest BCUT2D eigenvalue weighted by molar-refractivity contribution is 0.0697. The molecule has 0 aliphatic rings. The average molecular weight is 373 g/mol. The molecule has 0 spiro atoms. The van der Waals surface area contributed by atoms with E-state index in [1.807, 2.05) is 0 Å². The van der Waals surface area contributed by atoms with Gasteiger partial charge in [0.15, 0.2) is 0 Å². The van der Waals surface area contributed by atoms with Gasteiger partial charge in [0.05, 0.1) is 16.3 Å². The van der Waals surface area contributed by atoms with Gasteiger partial charge in [0.1, 0.15) is 11.6 Å². The normalized spacial score (nSPS) is 10.4. The zero-order chi connectivity index (χ0) is 18.5. The highest BCUT2D eigenvalue weighted by molar-refractivity contribution is 6.33. The summed E-state index contributed by atoms with van der Waals surface area (Å²) < 4.78 is 12.9. The quantitative estimate of drug-likeness (QED) is 0.597. The Hall–Kier alpha value is -3.19.